The number of pyridine rings is 1. The van der Waals surface area contributed by atoms with Crippen molar-refractivity contribution in [3.05, 3.63) is 47.1 Å². The number of amides is 2. The van der Waals surface area contributed by atoms with Gasteiger partial charge in [-0.3, -0.25) is 9.59 Å². The van der Waals surface area contributed by atoms with Crippen LogP contribution < -0.4 is 16.0 Å². The highest BCUT2D eigenvalue weighted by Crippen LogP contribution is 2.26. The van der Waals surface area contributed by atoms with Gasteiger partial charge in [0.15, 0.2) is 0 Å². The second-order valence-corrected chi connectivity index (χ2v) is 6.07. The van der Waals surface area contributed by atoms with E-state index in [9.17, 15) is 9.59 Å². The monoisotopic (exact) mass is 344 g/mol. The molecular weight excluding hydrogens is 328 g/mol. The molecule has 1 atom stereocenters. The molecule has 3 N–H and O–H groups in total. The van der Waals surface area contributed by atoms with Crippen molar-refractivity contribution in [2.45, 2.75) is 25.8 Å². The molecule has 1 unspecified atom stereocenters. The standard InChI is InChI=1S/C17H17ClN4O2/c1-10(17(24)22-15-6-4-12(18)9-19-15)20-13-5-2-11-3-7-16(23)21-14(11)8-13/h2,4-6,8-10,20H,3,7H2,1H3,(H,21,23)(H,19,22,24). The summed E-state index contributed by atoms with van der Waals surface area (Å²) in [6.45, 7) is 1.75. The van der Waals surface area contributed by atoms with Crippen molar-refractivity contribution in [3.8, 4) is 0 Å². The largest absolute Gasteiger partial charge is 0.374 e. The second kappa shape index (κ2) is 6.88. The molecular formula is C17H17ClN4O2. The number of hydrogen-bond donors (Lipinski definition) is 3. The van der Waals surface area contributed by atoms with E-state index >= 15 is 0 Å². The predicted octanol–water partition coefficient (Wildman–Crippen LogP) is 3.06. The number of nitrogens with zero attached hydrogens (tertiary/aromatic N) is 1. The first kappa shape index (κ1) is 16.3. The molecule has 0 saturated heterocycles. The van der Waals surface area contributed by atoms with E-state index in [4.69, 9.17) is 11.6 Å². The molecule has 1 aliphatic heterocycles. The van der Waals surface area contributed by atoms with Gasteiger partial charge in [0, 0.05) is 24.0 Å². The van der Waals surface area contributed by atoms with Crippen molar-refractivity contribution in [2.75, 3.05) is 16.0 Å². The molecule has 3 rings (SSSR count). The molecule has 1 aromatic carbocycles. The summed E-state index contributed by atoms with van der Waals surface area (Å²) < 4.78 is 0. The lowest BCUT2D eigenvalue weighted by Crippen LogP contribution is -2.32. The molecule has 24 heavy (non-hydrogen) atoms. The molecule has 0 aliphatic carbocycles. The summed E-state index contributed by atoms with van der Waals surface area (Å²) >= 11 is 5.77. The smallest absolute Gasteiger partial charge is 0.247 e. The van der Waals surface area contributed by atoms with Gasteiger partial charge in [-0.05, 0) is 43.2 Å². The Morgan fingerprint density at radius 3 is 2.88 bits per heavy atom. The van der Waals surface area contributed by atoms with Crippen LogP contribution in [0.2, 0.25) is 5.02 Å². The zero-order chi connectivity index (χ0) is 17.1. The highest BCUT2D eigenvalue weighted by atomic mass is 35.5. The minimum atomic E-state index is -0.472. The lowest BCUT2D eigenvalue weighted by molar-refractivity contribution is -0.117. The molecule has 2 aromatic rings. The van der Waals surface area contributed by atoms with Gasteiger partial charge in [0.25, 0.3) is 0 Å². The van der Waals surface area contributed by atoms with E-state index in [1.807, 2.05) is 18.2 Å². The number of aryl methyl sites for hydroxylation is 1. The van der Waals surface area contributed by atoms with Crippen LogP contribution in [0.25, 0.3) is 0 Å². The number of carbonyl (C=O) groups excluding carboxylic acids is 2. The normalized spacial score (nSPS) is 14.3. The summed E-state index contributed by atoms with van der Waals surface area (Å²) in [7, 11) is 0. The quantitative estimate of drug-likeness (QED) is 0.796. The number of nitrogens with one attached hydrogen (secondary N) is 3. The summed E-state index contributed by atoms with van der Waals surface area (Å²) in [4.78, 5) is 27.7. The first-order valence-corrected chi connectivity index (χ1v) is 8.01. The number of hydrogen-bond acceptors (Lipinski definition) is 4. The Morgan fingerprint density at radius 1 is 1.29 bits per heavy atom. The molecule has 1 aliphatic rings. The van der Waals surface area contributed by atoms with Crippen LogP contribution in [0.5, 0.6) is 0 Å². The van der Waals surface area contributed by atoms with Gasteiger partial charge >= 0.3 is 0 Å². The van der Waals surface area contributed by atoms with Crippen LogP contribution in [0.15, 0.2) is 36.5 Å². The molecule has 0 bridgehead atoms. The van der Waals surface area contributed by atoms with E-state index in [0.29, 0.717) is 17.3 Å². The van der Waals surface area contributed by atoms with E-state index in [1.165, 1.54) is 6.20 Å². The highest BCUT2D eigenvalue weighted by molar-refractivity contribution is 6.30. The number of benzene rings is 1. The molecule has 124 valence electrons. The zero-order valence-electron chi connectivity index (χ0n) is 13.1. The van der Waals surface area contributed by atoms with Gasteiger partial charge in [-0.2, -0.15) is 0 Å². The average molecular weight is 345 g/mol. The summed E-state index contributed by atoms with van der Waals surface area (Å²) in [6, 6.07) is 8.54. The Morgan fingerprint density at radius 2 is 2.12 bits per heavy atom. The van der Waals surface area contributed by atoms with Crippen molar-refractivity contribution in [3.63, 3.8) is 0 Å². The van der Waals surface area contributed by atoms with Gasteiger partial charge in [-0.1, -0.05) is 17.7 Å². The van der Waals surface area contributed by atoms with E-state index in [0.717, 1.165) is 23.4 Å². The number of anilines is 3. The highest BCUT2D eigenvalue weighted by Gasteiger charge is 2.17. The van der Waals surface area contributed by atoms with Crippen LogP contribution in [0.4, 0.5) is 17.2 Å². The molecule has 2 heterocycles. The Labute approximate surface area is 144 Å². The third kappa shape index (κ3) is 3.83. The molecule has 0 saturated carbocycles. The topological polar surface area (TPSA) is 83.1 Å². The Hall–Kier alpha value is -2.60. The molecule has 0 spiro atoms. The fraction of sp³-hybridized carbons (Fsp3) is 0.235. The van der Waals surface area contributed by atoms with Crippen molar-refractivity contribution >= 4 is 40.6 Å². The number of halogens is 1. The Balaban J connectivity index is 1.64. The fourth-order valence-corrected chi connectivity index (χ4v) is 2.57. The molecule has 6 nitrogen and oxygen atoms in total. The third-order valence-electron chi connectivity index (χ3n) is 3.76. The Kier molecular flexibility index (Phi) is 4.66. The van der Waals surface area contributed by atoms with Gasteiger partial charge in [-0.25, -0.2) is 4.98 Å². The van der Waals surface area contributed by atoms with Crippen molar-refractivity contribution < 1.29 is 9.59 Å². The fourth-order valence-electron chi connectivity index (χ4n) is 2.46. The van der Waals surface area contributed by atoms with Gasteiger partial charge in [0.1, 0.15) is 11.9 Å². The van der Waals surface area contributed by atoms with Crippen molar-refractivity contribution in [1.82, 2.24) is 4.98 Å². The van der Waals surface area contributed by atoms with Gasteiger partial charge in [-0.15, -0.1) is 0 Å². The van der Waals surface area contributed by atoms with Crippen molar-refractivity contribution in [1.29, 1.82) is 0 Å². The third-order valence-corrected chi connectivity index (χ3v) is 3.98. The summed E-state index contributed by atoms with van der Waals surface area (Å²) in [6.07, 6.45) is 2.72. The lowest BCUT2D eigenvalue weighted by Gasteiger charge is -2.20. The van der Waals surface area contributed by atoms with E-state index in [2.05, 4.69) is 20.9 Å². The summed E-state index contributed by atoms with van der Waals surface area (Å²) in [5.41, 5.74) is 2.66. The van der Waals surface area contributed by atoms with E-state index < -0.39 is 6.04 Å². The van der Waals surface area contributed by atoms with Gasteiger partial charge < -0.3 is 16.0 Å². The van der Waals surface area contributed by atoms with Crippen LogP contribution in [-0.4, -0.2) is 22.8 Å². The molecule has 2 amide bonds. The second-order valence-electron chi connectivity index (χ2n) is 5.64. The number of carbonyl (C=O) groups is 2. The van der Waals surface area contributed by atoms with Crippen LogP contribution in [0.1, 0.15) is 18.9 Å². The van der Waals surface area contributed by atoms with E-state index in [1.54, 1.807) is 19.1 Å². The molecule has 0 radical (unpaired) electrons. The average Bonchev–Trinajstić information content (AvgIpc) is 2.56. The number of fused-ring (bicyclic) bond motifs is 1. The zero-order valence-corrected chi connectivity index (χ0v) is 13.9. The number of rotatable bonds is 4. The number of aromatic nitrogens is 1. The molecule has 7 heteroatoms. The van der Waals surface area contributed by atoms with Crippen LogP contribution in [-0.2, 0) is 16.0 Å². The Bertz CT molecular complexity index is 777. The van der Waals surface area contributed by atoms with Gasteiger partial charge in [0.2, 0.25) is 11.8 Å². The first-order valence-electron chi connectivity index (χ1n) is 7.63. The van der Waals surface area contributed by atoms with E-state index in [-0.39, 0.29) is 11.8 Å². The van der Waals surface area contributed by atoms with Crippen molar-refractivity contribution in [2.24, 2.45) is 0 Å². The maximum Gasteiger partial charge on any atom is 0.247 e. The van der Waals surface area contributed by atoms with Gasteiger partial charge in [0.05, 0.1) is 5.02 Å². The minimum Gasteiger partial charge on any atom is -0.374 e. The van der Waals surface area contributed by atoms with Crippen LogP contribution >= 0.6 is 11.6 Å². The maximum absolute atomic E-state index is 12.2. The van der Waals surface area contributed by atoms with Crippen LogP contribution in [0.3, 0.4) is 0 Å². The minimum absolute atomic E-state index is 0.0132. The lowest BCUT2D eigenvalue weighted by atomic mass is 10.0. The predicted molar refractivity (Wildman–Crippen MR) is 94.4 cm³/mol. The summed E-state index contributed by atoms with van der Waals surface area (Å²) in [5.74, 6) is 0.238. The molecule has 0 fully saturated rings. The first-order chi connectivity index (χ1) is 11.5. The molecule has 1 aromatic heterocycles. The summed E-state index contributed by atoms with van der Waals surface area (Å²) in [5, 5.41) is 9.19. The van der Waals surface area contributed by atoms with Crippen LogP contribution in [0, 0.1) is 0 Å². The SMILES string of the molecule is CC(Nc1ccc2c(c1)NC(=O)CC2)C(=O)Nc1ccc(Cl)cn1. The maximum atomic E-state index is 12.2.